The molecule has 3 aromatic rings. The summed E-state index contributed by atoms with van der Waals surface area (Å²) in [6, 6.07) is 11.9. The van der Waals surface area contributed by atoms with Crippen molar-refractivity contribution >= 4 is 11.7 Å². The Morgan fingerprint density at radius 1 is 1.07 bits per heavy atom. The molecular weight excluding hydrogens is 370 g/mol. The van der Waals surface area contributed by atoms with Crippen LogP contribution in [0.25, 0.3) is 5.69 Å². The normalized spacial score (nSPS) is 11.0. The summed E-state index contributed by atoms with van der Waals surface area (Å²) in [5.41, 5.74) is 4.17. The first kappa shape index (κ1) is 20.3. The summed E-state index contributed by atoms with van der Waals surface area (Å²) < 4.78 is 7.22. The third-order valence-electron chi connectivity index (χ3n) is 4.71. The molecule has 0 unspecified atom stereocenters. The van der Waals surface area contributed by atoms with Crippen molar-refractivity contribution in [1.29, 1.82) is 0 Å². The third-order valence-corrected chi connectivity index (χ3v) is 4.71. The van der Waals surface area contributed by atoms with Gasteiger partial charge in [-0.15, -0.1) is 0 Å². The van der Waals surface area contributed by atoms with E-state index in [1.165, 1.54) is 18.2 Å². The highest BCUT2D eigenvalue weighted by molar-refractivity contribution is 5.91. The van der Waals surface area contributed by atoms with E-state index in [-0.39, 0.29) is 23.0 Å². The van der Waals surface area contributed by atoms with Crippen molar-refractivity contribution in [2.75, 3.05) is 0 Å². The molecule has 0 aliphatic rings. The summed E-state index contributed by atoms with van der Waals surface area (Å²) in [4.78, 5) is 23.4. The lowest BCUT2D eigenvalue weighted by Gasteiger charge is -2.11. The topological polar surface area (TPSA) is 87.3 Å². The van der Waals surface area contributed by atoms with Gasteiger partial charge in [-0.1, -0.05) is 37.6 Å². The smallest absolute Gasteiger partial charge is 0.345 e. The van der Waals surface area contributed by atoms with Crippen LogP contribution in [-0.4, -0.2) is 20.7 Å². The van der Waals surface area contributed by atoms with Gasteiger partial charge in [0.2, 0.25) is 5.88 Å². The lowest BCUT2D eigenvalue weighted by molar-refractivity contribution is -0.385. The van der Waals surface area contributed by atoms with Crippen molar-refractivity contribution in [2.24, 2.45) is 0 Å². The first-order valence-corrected chi connectivity index (χ1v) is 9.32. The van der Waals surface area contributed by atoms with Crippen molar-refractivity contribution in [3.05, 3.63) is 80.5 Å². The Bertz CT molecular complexity index is 1100. The number of carbonyl (C=O) groups is 1. The van der Waals surface area contributed by atoms with Crippen molar-refractivity contribution in [1.82, 2.24) is 9.78 Å². The van der Waals surface area contributed by atoms with Crippen molar-refractivity contribution in [3.8, 4) is 11.6 Å². The number of carbonyl (C=O) groups excluding carboxylic acids is 1. The number of esters is 1. The van der Waals surface area contributed by atoms with E-state index in [1.807, 2.05) is 45.9 Å². The highest BCUT2D eigenvalue weighted by Gasteiger charge is 2.21. The van der Waals surface area contributed by atoms with E-state index in [9.17, 15) is 14.9 Å². The van der Waals surface area contributed by atoms with Gasteiger partial charge in [0.1, 0.15) is 0 Å². The number of aryl methyl sites for hydroxylation is 3. The van der Waals surface area contributed by atoms with Gasteiger partial charge in [0, 0.05) is 17.7 Å². The summed E-state index contributed by atoms with van der Waals surface area (Å²) >= 11 is 0. The number of hydrogen-bond acceptors (Lipinski definition) is 5. The molecule has 1 aromatic heterocycles. The van der Waals surface area contributed by atoms with Gasteiger partial charge in [0.15, 0.2) is 0 Å². The van der Waals surface area contributed by atoms with E-state index < -0.39 is 10.9 Å². The van der Waals surface area contributed by atoms with E-state index in [1.54, 1.807) is 17.7 Å². The molecule has 0 spiro atoms. The predicted octanol–water partition coefficient (Wildman–Crippen LogP) is 5.05. The maximum atomic E-state index is 12.7. The molecule has 3 rings (SSSR count). The Morgan fingerprint density at radius 3 is 2.41 bits per heavy atom. The second kappa shape index (κ2) is 7.87. The van der Waals surface area contributed by atoms with Gasteiger partial charge in [-0.25, -0.2) is 9.48 Å². The van der Waals surface area contributed by atoms with Gasteiger partial charge in [-0.05, 0) is 44.4 Å². The quantitative estimate of drug-likeness (QED) is 0.344. The highest BCUT2D eigenvalue weighted by Crippen LogP contribution is 2.27. The maximum absolute atomic E-state index is 12.7. The van der Waals surface area contributed by atoms with Gasteiger partial charge in [0.25, 0.3) is 5.69 Å². The molecule has 0 fully saturated rings. The zero-order valence-corrected chi connectivity index (χ0v) is 17.1. The first-order chi connectivity index (χ1) is 13.7. The van der Waals surface area contributed by atoms with Crippen LogP contribution < -0.4 is 4.74 Å². The van der Waals surface area contributed by atoms with Gasteiger partial charge in [-0.3, -0.25) is 10.1 Å². The van der Waals surface area contributed by atoms with Crippen LogP contribution in [0.4, 0.5) is 5.69 Å². The fourth-order valence-corrected chi connectivity index (χ4v) is 3.04. The number of rotatable bonds is 5. The summed E-state index contributed by atoms with van der Waals surface area (Å²) in [5.74, 6) is -0.261. The first-order valence-electron chi connectivity index (χ1n) is 9.32. The minimum atomic E-state index is -0.672. The Kier molecular flexibility index (Phi) is 5.50. The maximum Gasteiger partial charge on any atom is 0.345 e. The summed E-state index contributed by atoms with van der Waals surface area (Å²) in [6.07, 6.45) is 0. The SMILES string of the molecule is Cc1ccc(-n2nc(C(C)C)cc2OC(=O)c2ccc(C)c([N+](=O)[O-])c2)c(C)c1. The fraction of sp³-hybridized carbons (Fsp3) is 0.273. The molecule has 0 N–H and O–H groups in total. The number of benzene rings is 2. The van der Waals surface area contributed by atoms with Crippen LogP contribution >= 0.6 is 0 Å². The van der Waals surface area contributed by atoms with Crippen molar-refractivity contribution in [3.63, 3.8) is 0 Å². The molecule has 1 heterocycles. The molecule has 2 aromatic carbocycles. The average Bonchev–Trinajstić information content (AvgIpc) is 3.05. The number of nitro benzene ring substituents is 1. The van der Waals surface area contributed by atoms with Crippen LogP contribution in [0, 0.1) is 30.9 Å². The summed E-state index contributed by atoms with van der Waals surface area (Å²) in [5, 5.41) is 15.8. The molecule has 7 heteroatoms. The monoisotopic (exact) mass is 393 g/mol. The molecular formula is C22H23N3O4. The van der Waals surface area contributed by atoms with Crippen LogP contribution in [-0.2, 0) is 0 Å². The lowest BCUT2D eigenvalue weighted by atomic mass is 10.1. The largest absolute Gasteiger partial charge is 0.404 e. The minimum absolute atomic E-state index is 0.113. The van der Waals surface area contributed by atoms with Crippen LogP contribution in [0.5, 0.6) is 5.88 Å². The van der Waals surface area contributed by atoms with Crippen molar-refractivity contribution in [2.45, 2.75) is 40.5 Å². The van der Waals surface area contributed by atoms with Crippen LogP contribution in [0.1, 0.15) is 52.5 Å². The minimum Gasteiger partial charge on any atom is -0.404 e. The lowest BCUT2D eigenvalue weighted by Crippen LogP contribution is -2.12. The fourth-order valence-electron chi connectivity index (χ4n) is 3.04. The van der Waals surface area contributed by atoms with Gasteiger partial charge < -0.3 is 4.74 Å². The molecule has 150 valence electrons. The van der Waals surface area contributed by atoms with E-state index in [4.69, 9.17) is 4.74 Å². The van der Waals surface area contributed by atoms with Crippen molar-refractivity contribution < 1.29 is 14.5 Å². The molecule has 0 aliphatic heterocycles. The van der Waals surface area contributed by atoms with E-state index in [0.29, 0.717) is 5.56 Å². The Hall–Kier alpha value is -3.48. The predicted molar refractivity (Wildman–Crippen MR) is 110 cm³/mol. The Labute approximate surface area is 169 Å². The molecule has 0 amide bonds. The molecule has 0 radical (unpaired) electrons. The molecule has 0 saturated heterocycles. The number of nitro groups is 1. The molecule has 7 nitrogen and oxygen atoms in total. The second-order valence-corrected chi connectivity index (χ2v) is 7.41. The average molecular weight is 393 g/mol. The summed E-state index contributed by atoms with van der Waals surface area (Å²) in [6.45, 7) is 9.60. The molecule has 0 atom stereocenters. The number of ether oxygens (including phenoxy) is 1. The number of hydrogen-bond donors (Lipinski definition) is 0. The molecule has 0 saturated carbocycles. The van der Waals surface area contributed by atoms with E-state index >= 15 is 0 Å². The van der Waals surface area contributed by atoms with Gasteiger partial charge in [0.05, 0.1) is 21.9 Å². The van der Waals surface area contributed by atoms with Crippen LogP contribution in [0.2, 0.25) is 0 Å². The second-order valence-electron chi connectivity index (χ2n) is 7.41. The number of nitrogens with zero attached hydrogens (tertiary/aromatic N) is 3. The Balaban J connectivity index is 2.01. The molecule has 29 heavy (non-hydrogen) atoms. The number of aromatic nitrogens is 2. The van der Waals surface area contributed by atoms with Gasteiger partial charge >= 0.3 is 5.97 Å². The summed E-state index contributed by atoms with van der Waals surface area (Å²) in [7, 11) is 0. The van der Waals surface area contributed by atoms with Crippen LogP contribution in [0.15, 0.2) is 42.5 Å². The third kappa shape index (κ3) is 4.18. The van der Waals surface area contributed by atoms with Crippen LogP contribution in [0.3, 0.4) is 0 Å². The Morgan fingerprint density at radius 2 is 1.79 bits per heavy atom. The molecule has 0 aliphatic carbocycles. The zero-order chi connectivity index (χ0) is 21.3. The zero-order valence-electron chi connectivity index (χ0n) is 17.1. The van der Waals surface area contributed by atoms with E-state index in [2.05, 4.69) is 5.10 Å². The van der Waals surface area contributed by atoms with Gasteiger partial charge in [-0.2, -0.15) is 5.10 Å². The standard InChI is InChI=1S/C22H23N3O4/c1-13(2)18-12-21(24(23-18)19-9-6-14(3)10-16(19)5)29-22(26)17-8-7-15(4)20(11-17)25(27)28/h6-13H,1-5H3. The highest BCUT2D eigenvalue weighted by atomic mass is 16.6. The molecule has 0 bridgehead atoms. The van der Waals surface area contributed by atoms with E-state index in [0.717, 1.165) is 22.5 Å².